The number of hydrogen-bond acceptors (Lipinski definition) is 3. The Morgan fingerprint density at radius 1 is 1.17 bits per heavy atom. The minimum Gasteiger partial charge on any atom is -0.410 e. The largest absolute Gasteiger partial charge is 0.419 e. The van der Waals surface area contributed by atoms with Crippen LogP contribution in [0.4, 0.5) is 10.5 Å². The molecule has 5 heteroatoms. The van der Waals surface area contributed by atoms with E-state index in [4.69, 9.17) is 4.74 Å². The first-order valence-electron chi connectivity index (χ1n) is 7.56. The lowest BCUT2D eigenvalue weighted by Crippen LogP contribution is -2.29. The van der Waals surface area contributed by atoms with Crippen LogP contribution in [0.3, 0.4) is 0 Å². The molecule has 0 unspecified atom stereocenters. The SMILES string of the molecule is Cc1ccc(N(C)C(=O)Oc2ccc3c(C=O)cn(C)c3c2)cc1. The summed E-state index contributed by atoms with van der Waals surface area (Å²) >= 11 is 0. The molecule has 3 rings (SSSR count). The number of fused-ring (bicyclic) bond motifs is 1. The molecular formula is C19H18N2O3. The van der Waals surface area contributed by atoms with Crippen LogP contribution in [-0.2, 0) is 7.05 Å². The van der Waals surface area contributed by atoms with Gasteiger partial charge in [0.25, 0.3) is 0 Å². The summed E-state index contributed by atoms with van der Waals surface area (Å²) in [5, 5.41) is 0.833. The predicted octanol–water partition coefficient (Wildman–Crippen LogP) is 3.93. The second-order valence-electron chi connectivity index (χ2n) is 5.75. The van der Waals surface area contributed by atoms with Crippen molar-refractivity contribution in [3.8, 4) is 5.75 Å². The maximum Gasteiger partial charge on any atom is 0.419 e. The minimum atomic E-state index is -0.469. The Morgan fingerprint density at radius 2 is 1.88 bits per heavy atom. The summed E-state index contributed by atoms with van der Waals surface area (Å²) in [6, 6.07) is 12.8. The number of anilines is 1. The summed E-state index contributed by atoms with van der Waals surface area (Å²) in [5.74, 6) is 0.435. The number of aldehydes is 1. The third kappa shape index (κ3) is 2.88. The van der Waals surface area contributed by atoms with Gasteiger partial charge in [-0.1, -0.05) is 17.7 Å². The normalized spacial score (nSPS) is 10.6. The molecule has 0 radical (unpaired) electrons. The number of aromatic nitrogens is 1. The first-order chi connectivity index (χ1) is 11.5. The third-order valence-corrected chi connectivity index (χ3v) is 4.02. The Bertz CT molecular complexity index is 910. The second kappa shape index (κ2) is 6.20. The monoisotopic (exact) mass is 322 g/mol. The van der Waals surface area contributed by atoms with Crippen molar-refractivity contribution in [1.82, 2.24) is 4.57 Å². The smallest absolute Gasteiger partial charge is 0.410 e. The molecule has 0 N–H and O–H groups in total. The summed E-state index contributed by atoms with van der Waals surface area (Å²) in [5.41, 5.74) is 3.33. The average Bonchev–Trinajstić information content (AvgIpc) is 2.90. The molecule has 0 saturated carbocycles. The fourth-order valence-electron chi connectivity index (χ4n) is 2.60. The number of ether oxygens (including phenoxy) is 1. The molecule has 1 heterocycles. The van der Waals surface area contributed by atoms with Crippen LogP contribution in [0.15, 0.2) is 48.7 Å². The van der Waals surface area contributed by atoms with Crippen molar-refractivity contribution in [2.45, 2.75) is 6.92 Å². The van der Waals surface area contributed by atoms with Gasteiger partial charge in [0.1, 0.15) is 5.75 Å². The Balaban J connectivity index is 1.83. The van der Waals surface area contributed by atoms with E-state index in [1.54, 1.807) is 31.4 Å². The Kier molecular flexibility index (Phi) is 4.08. The highest BCUT2D eigenvalue weighted by Crippen LogP contribution is 2.25. The molecule has 0 bridgehead atoms. The molecule has 0 atom stereocenters. The van der Waals surface area contributed by atoms with Crippen LogP contribution in [0.2, 0.25) is 0 Å². The van der Waals surface area contributed by atoms with Crippen molar-refractivity contribution in [1.29, 1.82) is 0 Å². The molecule has 122 valence electrons. The van der Waals surface area contributed by atoms with Crippen LogP contribution < -0.4 is 9.64 Å². The molecule has 0 saturated heterocycles. The Labute approximate surface area is 140 Å². The summed E-state index contributed by atoms with van der Waals surface area (Å²) in [6.45, 7) is 1.99. The van der Waals surface area contributed by atoms with E-state index in [-0.39, 0.29) is 0 Å². The van der Waals surface area contributed by atoms with E-state index in [0.29, 0.717) is 11.3 Å². The Hall–Kier alpha value is -3.08. The second-order valence-corrected chi connectivity index (χ2v) is 5.75. The van der Waals surface area contributed by atoms with Gasteiger partial charge in [0.2, 0.25) is 0 Å². The molecule has 0 aliphatic heterocycles. The third-order valence-electron chi connectivity index (χ3n) is 4.02. The van der Waals surface area contributed by atoms with Crippen LogP contribution >= 0.6 is 0 Å². The van der Waals surface area contributed by atoms with Gasteiger partial charge in [-0.3, -0.25) is 9.69 Å². The van der Waals surface area contributed by atoms with Crippen LogP contribution in [0.5, 0.6) is 5.75 Å². The van der Waals surface area contributed by atoms with Crippen molar-refractivity contribution in [3.05, 3.63) is 59.8 Å². The summed E-state index contributed by atoms with van der Waals surface area (Å²) < 4.78 is 7.29. The zero-order valence-electron chi connectivity index (χ0n) is 13.8. The van der Waals surface area contributed by atoms with E-state index >= 15 is 0 Å². The van der Waals surface area contributed by atoms with Gasteiger partial charge in [0.15, 0.2) is 6.29 Å². The van der Waals surface area contributed by atoms with Gasteiger partial charge in [-0.2, -0.15) is 0 Å². The summed E-state index contributed by atoms with van der Waals surface area (Å²) in [6.07, 6.45) is 2.10. The Morgan fingerprint density at radius 3 is 2.54 bits per heavy atom. The molecule has 2 aromatic carbocycles. The topological polar surface area (TPSA) is 51.5 Å². The number of benzene rings is 2. The standard InChI is InChI=1S/C19H18N2O3/c1-13-4-6-15(7-5-13)21(3)19(23)24-16-8-9-17-14(12-22)11-20(2)18(17)10-16/h4-12H,1-3H3. The molecule has 0 fully saturated rings. The van der Waals surface area contributed by atoms with Crippen molar-refractivity contribution < 1.29 is 14.3 Å². The number of aryl methyl sites for hydroxylation is 2. The lowest BCUT2D eigenvalue weighted by molar-refractivity contribution is 0.112. The lowest BCUT2D eigenvalue weighted by atomic mass is 10.2. The number of nitrogens with zero attached hydrogens (tertiary/aromatic N) is 2. The molecule has 5 nitrogen and oxygen atoms in total. The van der Waals surface area contributed by atoms with Crippen LogP contribution in [0, 0.1) is 6.92 Å². The van der Waals surface area contributed by atoms with Gasteiger partial charge < -0.3 is 9.30 Å². The highest BCUT2D eigenvalue weighted by molar-refractivity contribution is 5.98. The highest BCUT2D eigenvalue weighted by Gasteiger charge is 2.14. The van der Waals surface area contributed by atoms with Gasteiger partial charge >= 0.3 is 6.09 Å². The van der Waals surface area contributed by atoms with Crippen molar-refractivity contribution in [3.63, 3.8) is 0 Å². The molecule has 24 heavy (non-hydrogen) atoms. The molecular weight excluding hydrogens is 304 g/mol. The number of rotatable bonds is 3. The zero-order chi connectivity index (χ0) is 17.3. The van der Waals surface area contributed by atoms with Gasteiger partial charge in [-0.25, -0.2) is 4.79 Å². The van der Waals surface area contributed by atoms with Gasteiger partial charge in [0, 0.05) is 43.0 Å². The van der Waals surface area contributed by atoms with Gasteiger partial charge in [-0.15, -0.1) is 0 Å². The lowest BCUT2D eigenvalue weighted by Gasteiger charge is -2.17. The van der Waals surface area contributed by atoms with E-state index in [9.17, 15) is 9.59 Å². The fraction of sp³-hybridized carbons (Fsp3) is 0.158. The first kappa shape index (κ1) is 15.8. The van der Waals surface area contributed by atoms with E-state index in [2.05, 4.69) is 0 Å². The average molecular weight is 322 g/mol. The number of amides is 1. The fourth-order valence-corrected chi connectivity index (χ4v) is 2.60. The quantitative estimate of drug-likeness (QED) is 0.686. The van der Waals surface area contributed by atoms with Gasteiger partial charge in [-0.05, 0) is 31.2 Å². The molecule has 1 aromatic heterocycles. The molecule has 3 aromatic rings. The van der Waals surface area contributed by atoms with Crippen molar-refractivity contribution >= 4 is 29.0 Å². The number of carbonyl (C=O) groups is 2. The van der Waals surface area contributed by atoms with Crippen LogP contribution in [-0.4, -0.2) is 24.0 Å². The number of carbonyl (C=O) groups excluding carboxylic acids is 2. The van der Waals surface area contributed by atoms with E-state index in [0.717, 1.165) is 28.4 Å². The first-order valence-corrected chi connectivity index (χ1v) is 7.56. The zero-order valence-corrected chi connectivity index (χ0v) is 13.8. The molecule has 0 aliphatic carbocycles. The number of hydrogen-bond donors (Lipinski definition) is 0. The van der Waals surface area contributed by atoms with Crippen LogP contribution in [0.25, 0.3) is 10.9 Å². The molecule has 0 aliphatic rings. The van der Waals surface area contributed by atoms with E-state index in [1.807, 2.05) is 42.8 Å². The van der Waals surface area contributed by atoms with E-state index < -0.39 is 6.09 Å². The highest BCUT2D eigenvalue weighted by atomic mass is 16.6. The predicted molar refractivity (Wildman–Crippen MR) is 93.9 cm³/mol. The summed E-state index contributed by atoms with van der Waals surface area (Å²) in [7, 11) is 3.51. The van der Waals surface area contributed by atoms with Crippen molar-refractivity contribution in [2.24, 2.45) is 7.05 Å². The molecule has 0 spiro atoms. The summed E-state index contributed by atoms with van der Waals surface area (Å²) in [4.78, 5) is 24.8. The van der Waals surface area contributed by atoms with Gasteiger partial charge in [0.05, 0.1) is 5.52 Å². The molecule has 1 amide bonds. The minimum absolute atomic E-state index is 0.435. The van der Waals surface area contributed by atoms with Crippen LogP contribution in [0.1, 0.15) is 15.9 Å². The maximum absolute atomic E-state index is 12.3. The maximum atomic E-state index is 12.3. The van der Waals surface area contributed by atoms with Crippen molar-refractivity contribution in [2.75, 3.05) is 11.9 Å². The van der Waals surface area contributed by atoms with E-state index in [1.165, 1.54) is 4.90 Å².